The molecule has 3 rings (SSSR count). The van der Waals surface area contributed by atoms with Crippen molar-refractivity contribution in [3.63, 3.8) is 0 Å². The summed E-state index contributed by atoms with van der Waals surface area (Å²) in [5.74, 6) is -0.592. The van der Waals surface area contributed by atoms with Crippen LogP contribution in [0, 0.1) is 0 Å². The van der Waals surface area contributed by atoms with E-state index in [9.17, 15) is 14.4 Å². The molecule has 3 saturated carbocycles. The maximum Gasteiger partial charge on any atom is 0.420 e. The zero-order chi connectivity index (χ0) is 31.7. The molecule has 3 aliphatic carbocycles. The lowest BCUT2D eigenvalue weighted by atomic mass is 9.99. The SMILES string of the molecule is C=CCOC(=O)C(CC[P+](C1CCCCC1)(C1CCCCC1)C1CCCCC1)N(C(=O)OC(C)(C)C)C(=O)OC(C)(C)C. The van der Waals surface area contributed by atoms with Gasteiger partial charge in [0.25, 0.3) is 0 Å². The third kappa shape index (κ3) is 10.2. The zero-order valence-electron chi connectivity index (χ0n) is 28.2. The second-order valence-electron chi connectivity index (χ2n) is 15.1. The Bertz CT molecular complexity index is 846. The molecule has 8 heteroatoms. The van der Waals surface area contributed by atoms with Crippen molar-refractivity contribution < 1.29 is 28.6 Å². The minimum atomic E-state index is -1.58. The lowest BCUT2D eigenvalue weighted by molar-refractivity contribution is -0.148. The van der Waals surface area contributed by atoms with Crippen LogP contribution in [0.3, 0.4) is 0 Å². The number of imide groups is 1. The number of esters is 1. The van der Waals surface area contributed by atoms with Crippen molar-refractivity contribution in [3.05, 3.63) is 12.7 Å². The van der Waals surface area contributed by atoms with Gasteiger partial charge in [-0.2, -0.15) is 4.90 Å². The summed E-state index contributed by atoms with van der Waals surface area (Å²) in [5.41, 5.74) is 0.447. The van der Waals surface area contributed by atoms with Crippen molar-refractivity contribution in [3.8, 4) is 0 Å². The Hall–Kier alpha value is -1.62. The molecular formula is C35H61NO6P+. The Morgan fingerprint density at radius 3 is 1.42 bits per heavy atom. The average Bonchev–Trinajstić information content (AvgIpc) is 2.95. The summed E-state index contributed by atoms with van der Waals surface area (Å²) in [6.07, 6.45) is 20.5. The summed E-state index contributed by atoms with van der Waals surface area (Å²) >= 11 is 0. The highest BCUT2D eigenvalue weighted by molar-refractivity contribution is 7.77. The summed E-state index contributed by atoms with van der Waals surface area (Å²) < 4.78 is 17.0. The highest BCUT2D eigenvalue weighted by atomic mass is 31.2. The Kier molecular flexibility index (Phi) is 13.4. The zero-order valence-corrected chi connectivity index (χ0v) is 29.1. The second kappa shape index (κ2) is 16.1. The van der Waals surface area contributed by atoms with E-state index in [0.29, 0.717) is 23.4 Å². The number of hydrogen-bond donors (Lipinski definition) is 0. The lowest BCUT2D eigenvalue weighted by Crippen LogP contribution is -2.53. The van der Waals surface area contributed by atoms with Gasteiger partial charge < -0.3 is 14.2 Å². The first-order chi connectivity index (χ1) is 20.3. The summed E-state index contributed by atoms with van der Waals surface area (Å²) in [7, 11) is -1.58. The molecule has 0 aliphatic heterocycles. The molecule has 2 amide bonds. The van der Waals surface area contributed by atoms with Crippen molar-refractivity contribution in [2.24, 2.45) is 0 Å². The van der Waals surface area contributed by atoms with Crippen molar-refractivity contribution in [1.82, 2.24) is 4.90 Å². The maximum atomic E-state index is 13.8. The van der Waals surface area contributed by atoms with Crippen LogP contribution in [0.4, 0.5) is 9.59 Å². The minimum Gasteiger partial charge on any atom is -0.460 e. The molecule has 1 unspecified atom stereocenters. The van der Waals surface area contributed by atoms with Gasteiger partial charge in [0.15, 0.2) is 0 Å². The van der Waals surface area contributed by atoms with Gasteiger partial charge in [-0.05, 0) is 119 Å². The molecule has 246 valence electrons. The first-order valence-electron chi connectivity index (χ1n) is 17.2. The molecule has 0 aromatic heterocycles. The molecule has 3 aliphatic rings. The van der Waals surface area contributed by atoms with Gasteiger partial charge in [-0.1, -0.05) is 31.9 Å². The van der Waals surface area contributed by atoms with Crippen LogP contribution in [-0.4, -0.2) is 70.0 Å². The normalized spacial score (nSPS) is 20.6. The molecule has 0 saturated heterocycles. The average molecular weight is 623 g/mol. The predicted molar refractivity (Wildman–Crippen MR) is 176 cm³/mol. The quantitative estimate of drug-likeness (QED) is 0.104. The number of carbonyl (C=O) groups is 3. The van der Waals surface area contributed by atoms with Gasteiger partial charge in [0.1, 0.15) is 23.9 Å². The third-order valence-corrected chi connectivity index (χ3v) is 16.3. The Morgan fingerprint density at radius 2 is 1.09 bits per heavy atom. The molecule has 0 aromatic carbocycles. The van der Waals surface area contributed by atoms with E-state index in [0.717, 1.165) is 11.1 Å². The highest BCUT2D eigenvalue weighted by Gasteiger charge is 2.57. The summed E-state index contributed by atoms with van der Waals surface area (Å²) in [6, 6.07) is -1.11. The number of amides is 2. The van der Waals surface area contributed by atoms with E-state index in [1.165, 1.54) is 102 Å². The van der Waals surface area contributed by atoms with E-state index < -0.39 is 42.7 Å². The largest absolute Gasteiger partial charge is 0.460 e. The van der Waals surface area contributed by atoms with E-state index in [1.54, 1.807) is 41.5 Å². The molecule has 0 radical (unpaired) electrons. The molecule has 0 bridgehead atoms. The molecule has 0 N–H and O–H groups in total. The van der Waals surface area contributed by atoms with Gasteiger partial charge in [0.2, 0.25) is 0 Å². The summed E-state index contributed by atoms with van der Waals surface area (Å²) in [5, 5.41) is 0. The van der Waals surface area contributed by atoms with Crippen LogP contribution in [0.15, 0.2) is 12.7 Å². The second-order valence-corrected chi connectivity index (χ2v) is 19.8. The van der Waals surface area contributed by atoms with Crippen LogP contribution in [0.25, 0.3) is 0 Å². The molecule has 0 heterocycles. The molecule has 3 fully saturated rings. The van der Waals surface area contributed by atoms with Crippen LogP contribution in [-0.2, 0) is 19.0 Å². The van der Waals surface area contributed by atoms with E-state index in [2.05, 4.69) is 6.58 Å². The van der Waals surface area contributed by atoms with Gasteiger partial charge in [-0.25, -0.2) is 14.4 Å². The molecule has 7 nitrogen and oxygen atoms in total. The van der Waals surface area contributed by atoms with Crippen molar-refractivity contribution in [2.45, 2.75) is 178 Å². The lowest BCUT2D eigenvalue weighted by Gasteiger charge is -2.49. The number of hydrogen-bond acceptors (Lipinski definition) is 6. The first kappa shape index (κ1) is 35.9. The van der Waals surface area contributed by atoms with Crippen LogP contribution >= 0.6 is 7.26 Å². The highest BCUT2D eigenvalue weighted by Crippen LogP contribution is 2.77. The van der Waals surface area contributed by atoms with Crippen molar-refractivity contribution >= 4 is 25.4 Å². The van der Waals surface area contributed by atoms with Crippen molar-refractivity contribution in [2.75, 3.05) is 12.8 Å². The van der Waals surface area contributed by atoms with E-state index in [-0.39, 0.29) is 6.61 Å². The smallest absolute Gasteiger partial charge is 0.420 e. The van der Waals surface area contributed by atoms with E-state index in [4.69, 9.17) is 14.2 Å². The summed E-state index contributed by atoms with van der Waals surface area (Å²) in [6.45, 7) is 14.3. The number of ether oxygens (including phenoxy) is 3. The topological polar surface area (TPSA) is 82.1 Å². The minimum absolute atomic E-state index is 0.0139. The van der Waals surface area contributed by atoms with Crippen LogP contribution in [0.1, 0.15) is 144 Å². The Labute approximate surface area is 262 Å². The molecular weight excluding hydrogens is 561 g/mol. The predicted octanol–water partition coefficient (Wildman–Crippen LogP) is 9.66. The van der Waals surface area contributed by atoms with Gasteiger partial charge >= 0.3 is 18.2 Å². The molecule has 0 spiro atoms. The third-order valence-electron chi connectivity index (χ3n) is 9.66. The van der Waals surface area contributed by atoms with Crippen LogP contribution < -0.4 is 0 Å². The van der Waals surface area contributed by atoms with E-state index in [1.807, 2.05) is 0 Å². The summed E-state index contributed by atoms with van der Waals surface area (Å²) in [4.78, 5) is 42.2. The standard InChI is InChI=1S/C35H61NO6P/c1-8-25-40-31(37)30(36(32(38)41-34(2,3)4)33(39)42-35(5,6)7)24-26-43(27-18-12-9-13-19-27,28-20-14-10-15-21-28)29-22-16-11-17-23-29/h8,27-30H,1,9-26H2,2-7H3/q+1. The fraction of sp³-hybridized carbons (Fsp3) is 0.857. The maximum absolute atomic E-state index is 13.8. The molecule has 43 heavy (non-hydrogen) atoms. The van der Waals surface area contributed by atoms with Gasteiger partial charge in [-0.15, -0.1) is 0 Å². The monoisotopic (exact) mass is 622 g/mol. The number of carbonyl (C=O) groups excluding carboxylic acids is 3. The fourth-order valence-electron chi connectivity index (χ4n) is 8.01. The Morgan fingerprint density at radius 1 is 0.721 bits per heavy atom. The van der Waals surface area contributed by atoms with Gasteiger partial charge in [-0.3, -0.25) is 0 Å². The van der Waals surface area contributed by atoms with Gasteiger partial charge in [0, 0.05) is 13.7 Å². The van der Waals surface area contributed by atoms with Crippen LogP contribution in [0.5, 0.6) is 0 Å². The van der Waals surface area contributed by atoms with Crippen molar-refractivity contribution in [1.29, 1.82) is 0 Å². The first-order valence-corrected chi connectivity index (χ1v) is 19.4. The molecule has 1 atom stereocenters. The number of nitrogens with zero attached hydrogens (tertiary/aromatic N) is 1. The molecule has 0 aromatic rings. The number of rotatable bonds is 10. The fourth-order valence-corrected chi connectivity index (χ4v) is 15.6. The van der Waals surface area contributed by atoms with Gasteiger partial charge in [0.05, 0.1) is 23.1 Å². The van der Waals surface area contributed by atoms with E-state index >= 15 is 0 Å². The van der Waals surface area contributed by atoms with Crippen LogP contribution in [0.2, 0.25) is 0 Å². The Balaban J connectivity index is 2.07.